The maximum absolute atomic E-state index is 13.4. The van der Waals surface area contributed by atoms with E-state index in [4.69, 9.17) is 18.9 Å². The van der Waals surface area contributed by atoms with Crippen LogP contribution >= 0.6 is 15.9 Å². The third kappa shape index (κ3) is 18.3. The van der Waals surface area contributed by atoms with Crippen LogP contribution in [0.15, 0.2) is 40.9 Å². The second-order valence-corrected chi connectivity index (χ2v) is 19.6. The summed E-state index contributed by atoms with van der Waals surface area (Å²) in [4.78, 5) is 34.0. The summed E-state index contributed by atoms with van der Waals surface area (Å²) >= 11 is 3.22. The predicted molar refractivity (Wildman–Crippen MR) is 242 cm³/mol. The molecule has 0 saturated carbocycles. The summed E-state index contributed by atoms with van der Waals surface area (Å²) in [6, 6.07) is 7.73. The van der Waals surface area contributed by atoms with Gasteiger partial charge in [0, 0.05) is 103 Å². The average Bonchev–Trinajstić information content (AvgIpc) is 3.24. The molecule has 19 heteroatoms. The summed E-state index contributed by atoms with van der Waals surface area (Å²) in [5, 5.41) is 3.27. The Balaban J connectivity index is 0.000000248. The van der Waals surface area contributed by atoms with E-state index in [1.807, 2.05) is 46.4 Å². The minimum Gasteiger partial charge on any atom is -0.444 e. The normalized spacial score (nSPS) is 18.9. The summed E-state index contributed by atoms with van der Waals surface area (Å²) in [5.74, 6) is 0. The number of carbonyl (C=O) groups excluding carboxylic acids is 2. The number of piperidine rings is 2. The summed E-state index contributed by atoms with van der Waals surface area (Å²) in [6.07, 6.45) is -4.76. The van der Waals surface area contributed by atoms with Crippen LogP contribution in [0.5, 0.6) is 0 Å². The molecular formula is C46H69BrF6N6O6. The Bertz CT molecular complexity index is 1800. The fourth-order valence-corrected chi connectivity index (χ4v) is 8.20. The standard InChI is InChI=1S/C23H34F3N3O3.C17H22BrF3N2O2.C6H13NO/c1-22(2,3)32-21(30)29-13-11-27(12-14-29)16-17-5-6-18(23(24,25)26)15-20(17)28-9-7-19(31-4)8-10-28;1-16(2,3)25-15(24)23-8-6-22(7-9-23)11-12-4-5-13(10-14(12)18)17(19,20)21;1-8-6-2-4-7-5-3-6/h5-6,15,19H,7-14,16H2,1-4H3;4-5,10H,6-9,11H2,1-3H3;6-7H,2-5H2,1H3. The molecule has 4 aliphatic heterocycles. The number of benzene rings is 2. The van der Waals surface area contributed by atoms with E-state index < -0.39 is 34.7 Å². The molecule has 4 aliphatic rings. The molecule has 12 nitrogen and oxygen atoms in total. The van der Waals surface area contributed by atoms with Gasteiger partial charge in [-0.05, 0) is 116 Å². The van der Waals surface area contributed by atoms with Gasteiger partial charge in [0.2, 0.25) is 0 Å². The van der Waals surface area contributed by atoms with Crippen molar-refractivity contribution < 1.29 is 54.9 Å². The molecule has 0 aromatic heterocycles. The van der Waals surface area contributed by atoms with E-state index in [1.165, 1.54) is 25.0 Å². The highest BCUT2D eigenvalue weighted by Crippen LogP contribution is 2.36. The Morgan fingerprint density at radius 3 is 1.38 bits per heavy atom. The number of rotatable bonds is 7. The van der Waals surface area contributed by atoms with Crippen molar-refractivity contribution in [3.05, 3.63) is 63.1 Å². The van der Waals surface area contributed by atoms with Crippen molar-refractivity contribution in [2.75, 3.05) is 97.7 Å². The number of amides is 2. The second kappa shape index (κ2) is 24.1. The maximum Gasteiger partial charge on any atom is 0.416 e. The van der Waals surface area contributed by atoms with E-state index in [2.05, 4.69) is 31.0 Å². The predicted octanol–water partition coefficient (Wildman–Crippen LogP) is 9.28. The van der Waals surface area contributed by atoms with Crippen molar-refractivity contribution in [3.63, 3.8) is 0 Å². The number of anilines is 1. The third-order valence-corrected chi connectivity index (χ3v) is 12.1. The first kappa shape index (κ1) is 54.2. The van der Waals surface area contributed by atoms with Gasteiger partial charge in [-0.3, -0.25) is 9.80 Å². The van der Waals surface area contributed by atoms with Crippen molar-refractivity contribution in [1.82, 2.24) is 24.9 Å². The molecule has 4 fully saturated rings. The minimum atomic E-state index is -4.38. The Kier molecular flexibility index (Phi) is 20.1. The van der Waals surface area contributed by atoms with Crippen LogP contribution in [0.1, 0.15) is 89.5 Å². The number of carbonyl (C=O) groups is 2. The molecule has 0 atom stereocenters. The molecule has 2 aromatic rings. The smallest absolute Gasteiger partial charge is 0.416 e. The lowest BCUT2D eigenvalue weighted by molar-refractivity contribution is -0.138. The molecule has 65 heavy (non-hydrogen) atoms. The van der Waals surface area contributed by atoms with Crippen LogP contribution in [-0.4, -0.2) is 148 Å². The van der Waals surface area contributed by atoms with Gasteiger partial charge in [0.1, 0.15) is 11.2 Å². The van der Waals surface area contributed by atoms with Gasteiger partial charge in [0.05, 0.1) is 23.3 Å². The van der Waals surface area contributed by atoms with Crippen LogP contribution in [0.3, 0.4) is 0 Å². The molecule has 1 N–H and O–H groups in total. The van der Waals surface area contributed by atoms with E-state index in [-0.39, 0.29) is 18.3 Å². The first-order chi connectivity index (χ1) is 30.3. The van der Waals surface area contributed by atoms with Gasteiger partial charge in [-0.1, -0.05) is 28.1 Å². The largest absolute Gasteiger partial charge is 0.444 e. The molecule has 2 aromatic carbocycles. The van der Waals surface area contributed by atoms with Gasteiger partial charge in [-0.2, -0.15) is 26.3 Å². The number of halogens is 7. The molecule has 0 unspecified atom stereocenters. The van der Waals surface area contributed by atoms with Crippen LogP contribution in [0.2, 0.25) is 0 Å². The van der Waals surface area contributed by atoms with Crippen molar-refractivity contribution in [1.29, 1.82) is 0 Å². The van der Waals surface area contributed by atoms with Gasteiger partial charge in [-0.15, -0.1) is 0 Å². The molecule has 6 rings (SSSR count). The third-order valence-electron chi connectivity index (χ3n) is 11.4. The zero-order chi connectivity index (χ0) is 48.2. The maximum atomic E-state index is 13.4. The lowest BCUT2D eigenvalue weighted by Crippen LogP contribution is -2.49. The van der Waals surface area contributed by atoms with Crippen molar-refractivity contribution in [2.24, 2.45) is 0 Å². The summed E-state index contributed by atoms with van der Waals surface area (Å²) in [7, 11) is 3.46. The molecule has 368 valence electrons. The van der Waals surface area contributed by atoms with Crippen LogP contribution in [-0.2, 0) is 44.4 Å². The topological polar surface area (TPSA) is 99.3 Å². The van der Waals surface area contributed by atoms with E-state index in [0.29, 0.717) is 94.8 Å². The fourth-order valence-electron chi connectivity index (χ4n) is 7.70. The Morgan fingerprint density at radius 2 is 1.00 bits per heavy atom. The Labute approximate surface area is 389 Å². The second-order valence-electron chi connectivity index (χ2n) is 18.7. The zero-order valence-electron chi connectivity index (χ0n) is 39.2. The highest BCUT2D eigenvalue weighted by Gasteiger charge is 2.34. The van der Waals surface area contributed by atoms with Crippen LogP contribution in [0.4, 0.5) is 41.6 Å². The highest BCUT2D eigenvalue weighted by molar-refractivity contribution is 9.10. The first-order valence-electron chi connectivity index (χ1n) is 22.3. The molecule has 0 bridgehead atoms. The first-order valence-corrected chi connectivity index (χ1v) is 23.1. The number of nitrogens with one attached hydrogen (secondary N) is 1. The number of piperazine rings is 2. The SMILES string of the molecule is CC(C)(C)OC(=O)N1CCN(Cc2ccc(C(F)(F)F)cc2Br)CC1.COC1CCN(c2cc(C(F)(F)F)ccc2CN2CCN(C(=O)OC(C)(C)C)CC2)CC1.COC1CCNCC1. The number of hydrogen-bond donors (Lipinski definition) is 1. The average molecular weight is 996 g/mol. The number of alkyl halides is 6. The molecule has 0 spiro atoms. The monoisotopic (exact) mass is 994 g/mol. The van der Waals surface area contributed by atoms with Crippen molar-refractivity contribution in [2.45, 2.75) is 116 Å². The number of ether oxygens (including phenoxy) is 4. The van der Waals surface area contributed by atoms with E-state index in [0.717, 1.165) is 55.3 Å². The summed E-state index contributed by atoms with van der Waals surface area (Å²) in [6.45, 7) is 20.3. The quantitative estimate of drug-likeness (QED) is 0.271. The molecule has 0 radical (unpaired) electrons. The van der Waals surface area contributed by atoms with E-state index >= 15 is 0 Å². The minimum absolute atomic E-state index is 0.154. The van der Waals surface area contributed by atoms with Gasteiger partial charge in [0.15, 0.2) is 0 Å². The Morgan fingerprint density at radius 1 is 0.600 bits per heavy atom. The van der Waals surface area contributed by atoms with Crippen LogP contribution < -0.4 is 10.2 Å². The number of nitrogens with zero attached hydrogens (tertiary/aromatic N) is 5. The summed E-state index contributed by atoms with van der Waals surface area (Å²) < 4.78 is 100. The highest BCUT2D eigenvalue weighted by atomic mass is 79.9. The van der Waals surface area contributed by atoms with Crippen LogP contribution in [0.25, 0.3) is 0 Å². The molecular weight excluding hydrogens is 926 g/mol. The van der Waals surface area contributed by atoms with E-state index in [9.17, 15) is 35.9 Å². The van der Waals surface area contributed by atoms with E-state index in [1.54, 1.807) is 30.1 Å². The fraction of sp³-hybridized carbons (Fsp3) is 0.696. The van der Waals surface area contributed by atoms with Crippen molar-refractivity contribution >= 4 is 33.8 Å². The number of methoxy groups -OCH3 is 2. The zero-order valence-corrected chi connectivity index (χ0v) is 40.8. The van der Waals surface area contributed by atoms with Gasteiger partial charge in [-0.25, -0.2) is 9.59 Å². The molecule has 4 saturated heterocycles. The lowest BCUT2D eigenvalue weighted by atomic mass is 10.0. The molecule has 4 heterocycles. The lowest BCUT2D eigenvalue weighted by Gasteiger charge is -2.37. The van der Waals surface area contributed by atoms with Gasteiger partial charge >= 0.3 is 24.5 Å². The van der Waals surface area contributed by atoms with Crippen LogP contribution in [0, 0.1) is 0 Å². The van der Waals surface area contributed by atoms with Crippen molar-refractivity contribution in [3.8, 4) is 0 Å². The van der Waals surface area contributed by atoms with Gasteiger partial charge < -0.3 is 39.0 Å². The summed E-state index contributed by atoms with van der Waals surface area (Å²) in [5.41, 5.74) is -0.0566. The molecule has 0 aliphatic carbocycles. The molecule has 2 amide bonds. The van der Waals surface area contributed by atoms with Gasteiger partial charge in [0.25, 0.3) is 0 Å². The Hall–Kier alpha value is -3.36. The number of hydrogen-bond acceptors (Lipinski definition) is 10.